The van der Waals surface area contributed by atoms with Crippen LogP contribution in [0.15, 0.2) is 47.3 Å². The Morgan fingerprint density at radius 2 is 2.06 bits per heavy atom. The van der Waals surface area contributed by atoms with E-state index >= 15 is 0 Å². The highest BCUT2D eigenvalue weighted by atomic mass is 16.5. The summed E-state index contributed by atoms with van der Waals surface area (Å²) in [7, 11) is 0. The van der Waals surface area contributed by atoms with E-state index in [9.17, 15) is 4.79 Å². The number of hydrogen-bond donors (Lipinski definition) is 1. The van der Waals surface area contributed by atoms with E-state index in [0.29, 0.717) is 17.9 Å². The molecule has 1 N–H and O–H groups in total. The highest BCUT2D eigenvalue weighted by molar-refractivity contribution is 5.83. The molecule has 180 valence electrons. The molecule has 0 radical (unpaired) electrons. The summed E-state index contributed by atoms with van der Waals surface area (Å²) in [5.41, 5.74) is 6.02. The van der Waals surface area contributed by atoms with Crippen LogP contribution in [0.1, 0.15) is 53.9 Å². The van der Waals surface area contributed by atoms with Crippen molar-refractivity contribution in [1.82, 2.24) is 25.2 Å². The van der Waals surface area contributed by atoms with Crippen molar-refractivity contribution in [2.75, 3.05) is 11.5 Å². The largest absolute Gasteiger partial charge is 0.376 e. The monoisotopic (exact) mass is 470 g/mol. The fourth-order valence-electron chi connectivity index (χ4n) is 5.82. The molecule has 6 rings (SSSR count). The number of nitrogens with zero attached hydrogens (tertiary/aromatic N) is 5. The van der Waals surface area contributed by atoms with Gasteiger partial charge in [0.25, 0.3) is 5.56 Å². The van der Waals surface area contributed by atoms with Crippen LogP contribution < -0.4 is 10.5 Å². The number of fused-ring (bicyclic) bond motifs is 2. The van der Waals surface area contributed by atoms with E-state index in [-0.39, 0.29) is 17.7 Å². The summed E-state index contributed by atoms with van der Waals surface area (Å²) in [6, 6.07) is 14.4. The Morgan fingerprint density at radius 3 is 2.89 bits per heavy atom. The molecule has 0 spiro atoms. The Hall–Kier alpha value is -3.52. The van der Waals surface area contributed by atoms with E-state index < -0.39 is 6.04 Å². The van der Waals surface area contributed by atoms with Crippen LogP contribution in [0.3, 0.4) is 0 Å². The average molecular weight is 471 g/mol. The Balaban J connectivity index is 1.55. The lowest BCUT2D eigenvalue weighted by molar-refractivity contribution is 0.0924. The minimum Gasteiger partial charge on any atom is -0.376 e. The Kier molecular flexibility index (Phi) is 5.40. The third kappa shape index (κ3) is 3.82. The standard InChI is InChI=1S/C27H30N6O2/c1-16-11-17(2)24-20(12-16)14-22(27(34)28-24)25(33-18(3)13-19-7-4-5-9-23(19)33)26-29-30-31-32(26)15-21-8-6-10-35-21/h4-5,7,9,11-12,14,18,21,25H,6,8,10,13,15H2,1-3H3,(H,28,34)/t18-,21-,25-/m0/s1. The maximum absolute atomic E-state index is 13.7. The normalized spacial score (nSPS) is 20.5. The van der Waals surface area contributed by atoms with Gasteiger partial charge in [-0.1, -0.05) is 29.8 Å². The van der Waals surface area contributed by atoms with Gasteiger partial charge in [-0.2, -0.15) is 0 Å². The van der Waals surface area contributed by atoms with Gasteiger partial charge < -0.3 is 14.6 Å². The van der Waals surface area contributed by atoms with Gasteiger partial charge in [0, 0.05) is 23.9 Å². The molecular formula is C27H30N6O2. The van der Waals surface area contributed by atoms with E-state index in [1.807, 2.05) is 23.7 Å². The highest BCUT2D eigenvalue weighted by Gasteiger charge is 2.38. The van der Waals surface area contributed by atoms with E-state index in [1.165, 1.54) is 5.56 Å². The van der Waals surface area contributed by atoms with Crippen LogP contribution >= 0.6 is 0 Å². The van der Waals surface area contributed by atoms with Crippen LogP contribution in [0, 0.1) is 13.8 Å². The third-order valence-corrected chi connectivity index (χ3v) is 7.36. The maximum atomic E-state index is 13.7. The molecule has 2 aliphatic heterocycles. The highest BCUT2D eigenvalue weighted by Crippen LogP contribution is 2.40. The lowest BCUT2D eigenvalue weighted by Gasteiger charge is -2.33. The number of hydrogen-bond acceptors (Lipinski definition) is 6. The van der Waals surface area contributed by atoms with Crippen molar-refractivity contribution in [3.05, 3.63) is 80.9 Å². The molecule has 2 aromatic heterocycles. The molecule has 2 aromatic carbocycles. The number of rotatable bonds is 5. The van der Waals surface area contributed by atoms with Crippen molar-refractivity contribution in [2.24, 2.45) is 0 Å². The van der Waals surface area contributed by atoms with E-state index in [2.05, 4.69) is 69.6 Å². The topological polar surface area (TPSA) is 88.9 Å². The SMILES string of the molecule is Cc1cc(C)c2[nH]c(=O)c([C@@H](c3nnnn3C[C@@H]3CCCO3)N3c4ccccc4C[C@@H]3C)cc2c1. The number of nitrogens with one attached hydrogen (secondary N) is 1. The van der Waals surface area contributed by atoms with Crippen LogP contribution in [-0.4, -0.2) is 43.9 Å². The summed E-state index contributed by atoms with van der Waals surface area (Å²) in [6.45, 7) is 7.65. The minimum atomic E-state index is -0.431. The predicted molar refractivity (Wildman–Crippen MR) is 135 cm³/mol. The fraction of sp³-hybridized carbons (Fsp3) is 0.407. The van der Waals surface area contributed by atoms with Crippen LogP contribution in [0.5, 0.6) is 0 Å². The Labute approximate surface area is 203 Å². The predicted octanol–water partition coefficient (Wildman–Crippen LogP) is 3.85. The summed E-state index contributed by atoms with van der Waals surface area (Å²) < 4.78 is 7.71. The number of para-hydroxylation sites is 1. The van der Waals surface area contributed by atoms with Gasteiger partial charge in [-0.25, -0.2) is 4.68 Å². The number of H-pyrrole nitrogens is 1. The molecule has 1 saturated heterocycles. The molecular weight excluding hydrogens is 440 g/mol. The van der Waals surface area contributed by atoms with Crippen molar-refractivity contribution in [3.63, 3.8) is 0 Å². The Morgan fingerprint density at radius 1 is 1.20 bits per heavy atom. The molecule has 0 bridgehead atoms. The van der Waals surface area contributed by atoms with Crippen molar-refractivity contribution in [1.29, 1.82) is 0 Å². The number of aromatic amines is 1. The molecule has 4 heterocycles. The summed E-state index contributed by atoms with van der Waals surface area (Å²) in [6.07, 6.45) is 3.03. The summed E-state index contributed by atoms with van der Waals surface area (Å²) >= 11 is 0. The minimum absolute atomic E-state index is 0.0846. The molecule has 0 amide bonds. The number of benzene rings is 2. The zero-order valence-corrected chi connectivity index (χ0v) is 20.4. The molecule has 8 nitrogen and oxygen atoms in total. The first-order valence-corrected chi connectivity index (χ1v) is 12.4. The van der Waals surface area contributed by atoms with E-state index in [0.717, 1.165) is 53.6 Å². The number of pyridine rings is 1. The molecule has 2 aliphatic rings. The van der Waals surface area contributed by atoms with Crippen molar-refractivity contribution >= 4 is 16.6 Å². The molecule has 4 aromatic rings. The van der Waals surface area contributed by atoms with E-state index in [4.69, 9.17) is 4.74 Å². The molecule has 8 heteroatoms. The second-order valence-corrected chi connectivity index (χ2v) is 9.95. The fourth-order valence-corrected chi connectivity index (χ4v) is 5.82. The summed E-state index contributed by atoms with van der Waals surface area (Å²) in [5, 5.41) is 13.9. The van der Waals surface area contributed by atoms with Crippen LogP contribution in [0.4, 0.5) is 5.69 Å². The van der Waals surface area contributed by atoms with Gasteiger partial charge in [-0.15, -0.1) is 5.10 Å². The molecule has 1 fully saturated rings. The van der Waals surface area contributed by atoms with Crippen LogP contribution in [0.25, 0.3) is 10.9 Å². The molecule has 0 saturated carbocycles. The lowest BCUT2D eigenvalue weighted by Crippen LogP contribution is -2.39. The van der Waals surface area contributed by atoms with Crippen molar-refractivity contribution < 1.29 is 4.74 Å². The third-order valence-electron chi connectivity index (χ3n) is 7.36. The molecule has 3 atom stereocenters. The number of aromatic nitrogens is 5. The lowest BCUT2D eigenvalue weighted by atomic mass is 10.00. The number of tetrazole rings is 1. The van der Waals surface area contributed by atoms with Gasteiger partial charge in [0.05, 0.1) is 18.2 Å². The van der Waals surface area contributed by atoms with Crippen LogP contribution in [-0.2, 0) is 17.7 Å². The van der Waals surface area contributed by atoms with Crippen molar-refractivity contribution in [3.8, 4) is 0 Å². The number of aryl methyl sites for hydroxylation is 2. The smallest absolute Gasteiger partial charge is 0.254 e. The van der Waals surface area contributed by atoms with Gasteiger partial charge in [-0.05, 0) is 85.2 Å². The first-order valence-electron chi connectivity index (χ1n) is 12.4. The van der Waals surface area contributed by atoms with E-state index in [1.54, 1.807) is 0 Å². The molecule has 35 heavy (non-hydrogen) atoms. The number of ether oxygens (including phenoxy) is 1. The van der Waals surface area contributed by atoms with Gasteiger partial charge in [-0.3, -0.25) is 4.79 Å². The first-order chi connectivity index (χ1) is 17.0. The first kappa shape index (κ1) is 22.0. The molecule has 0 aliphatic carbocycles. The van der Waals surface area contributed by atoms with Gasteiger partial charge >= 0.3 is 0 Å². The zero-order chi connectivity index (χ0) is 24.1. The summed E-state index contributed by atoms with van der Waals surface area (Å²) in [4.78, 5) is 19.1. The van der Waals surface area contributed by atoms with Gasteiger partial charge in [0.15, 0.2) is 5.82 Å². The average Bonchev–Trinajstić information content (AvgIpc) is 3.57. The maximum Gasteiger partial charge on any atom is 0.254 e. The molecule has 0 unspecified atom stereocenters. The quantitative estimate of drug-likeness (QED) is 0.477. The van der Waals surface area contributed by atoms with Crippen molar-refractivity contribution in [2.45, 2.75) is 64.8 Å². The van der Waals surface area contributed by atoms with Gasteiger partial charge in [0.1, 0.15) is 6.04 Å². The second kappa shape index (κ2) is 8.61. The zero-order valence-electron chi connectivity index (χ0n) is 20.4. The second-order valence-electron chi connectivity index (χ2n) is 9.95. The number of anilines is 1. The van der Waals surface area contributed by atoms with Gasteiger partial charge in [0.2, 0.25) is 0 Å². The summed E-state index contributed by atoms with van der Waals surface area (Å²) in [5.74, 6) is 0.665. The van der Waals surface area contributed by atoms with Crippen LogP contribution in [0.2, 0.25) is 0 Å². The Bertz CT molecular complexity index is 1450.